The molecule has 0 aromatic carbocycles. The lowest BCUT2D eigenvalue weighted by Gasteiger charge is -2.39. The van der Waals surface area contributed by atoms with Gasteiger partial charge in [-0.3, -0.25) is 4.79 Å². The van der Waals surface area contributed by atoms with Crippen LogP contribution in [0.5, 0.6) is 6.01 Å². The van der Waals surface area contributed by atoms with Crippen LogP contribution in [-0.2, 0) is 9.53 Å². The van der Waals surface area contributed by atoms with Gasteiger partial charge in [0, 0.05) is 49.3 Å². The van der Waals surface area contributed by atoms with Gasteiger partial charge in [0.1, 0.15) is 6.10 Å². The van der Waals surface area contributed by atoms with Crippen molar-refractivity contribution in [2.75, 3.05) is 39.0 Å². The number of alkyl halides is 6. The molecule has 0 saturated carbocycles. The second-order valence-corrected chi connectivity index (χ2v) is 12.7. The van der Waals surface area contributed by atoms with Crippen molar-refractivity contribution >= 4 is 23.6 Å². The number of ether oxygens (including phenoxy) is 2. The summed E-state index contributed by atoms with van der Waals surface area (Å²) in [6.07, 6.45) is -9.08. The van der Waals surface area contributed by atoms with Crippen molar-refractivity contribution < 1.29 is 45.4 Å². The molecule has 18 heteroatoms. The quantitative estimate of drug-likeness (QED) is 0.305. The molecule has 2 aromatic heterocycles. The monoisotopic (exact) mass is 676 g/mol. The molecule has 3 atom stereocenters. The Labute approximate surface area is 267 Å². The fourth-order valence-electron chi connectivity index (χ4n) is 6.33. The summed E-state index contributed by atoms with van der Waals surface area (Å²) in [5.41, 5.74) is 0.488. The van der Waals surface area contributed by atoms with Crippen LogP contribution in [0.2, 0.25) is 0 Å². The Morgan fingerprint density at radius 1 is 1.06 bits per heavy atom. The van der Waals surface area contributed by atoms with Gasteiger partial charge < -0.3 is 29.5 Å². The highest BCUT2D eigenvalue weighted by atomic mass is 19.4. The van der Waals surface area contributed by atoms with Gasteiger partial charge in [0.25, 0.3) is 6.10 Å². The van der Waals surface area contributed by atoms with Crippen LogP contribution in [0.25, 0.3) is 5.65 Å². The molecular formula is C29H38F6N8O4. The first kappa shape index (κ1) is 34.5. The summed E-state index contributed by atoms with van der Waals surface area (Å²) in [5.74, 6) is -0.482. The average Bonchev–Trinajstić information content (AvgIpc) is 3.66. The number of hydrogen-bond donors (Lipinski definition) is 1. The zero-order valence-corrected chi connectivity index (χ0v) is 26.4. The Morgan fingerprint density at radius 3 is 2.32 bits per heavy atom. The highest BCUT2D eigenvalue weighted by molar-refractivity contribution is 5.87. The lowest BCUT2D eigenvalue weighted by atomic mass is 9.98. The molecule has 3 aliphatic heterocycles. The Kier molecular flexibility index (Phi) is 9.80. The Hall–Kier alpha value is -3.83. The van der Waals surface area contributed by atoms with Crippen LogP contribution in [0, 0.1) is 0 Å². The summed E-state index contributed by atoms with van der Waals surface area (Å²) in [5, 5.41) is 7.35. The maximum Gasteiger partial charge on any atom is 0.434 e. The number of anilines is 1. The SMILES string of the molecule is CC(C)c1cnn2c(NC3CC4CCC(C3)N4C(=O)OC3CCN(C(=O)/C=C/CN(C)C)C3)nc(OC(C(F)(F)F)C(F)(F)F)nc12. The first-order valence-electron chi connectivity index (χ1n) is 15.4. The molecule has 3 aliphatic rings. The maximum atomic E-state index is 13.3. The molecule has 3 saturated heterocycles. The van der Waals surface area contributed by atoms with Crippen LogP contribution in [0.3, 0.4) is 0 Å². The fourth-order valence-corrected chi connectivity index (χ4v) is 6.33. The summed E-state index contributed by atoms with van der Waals surface area (Å²) < 4.78 is 91.1. The molecule has 0 spiro atoms. The number of aromatic nitrogens is 4. The zero-order valence-electron chi connectivity index (χ0n) is 26.4. The van der Waals surface area contributed by atoms with Gasteiger partial charge in [0.15, 0.2) is 5.65 Å². The third-order valence-electron chi connectivity index (χ3n) is 8.55. The van der Waals surface area contributed by atoms with E-state index in [1.807, 2.05) is 19.0 Å². The Morgan fingerprint density at radius 2 is 1.72 bits per heavy atom. The van der Waals surface area contributed by atoms with E-state index in [-0.39, 0.29) is 41.5 Å². The van der Waals surface area contributed by atoms with Crippen molar-refractivity contribution in [2.45, 2.75) is 94.6 Å². The van der Waals surface area contributed by atoms with Crippen LogP contribution in [0.1, 0.15) is 57.4 Å². The molecule has 3 fully saturated rings. The van der Waals surface area contributed by atoms with Gasteiger partial charge in [-0.25, -0.2) is 4.79 Å². The number of nitrogens with zero attached hydrogens (tertiary/aromatic N) is 7. The molecule has 1 N–H and O–H groups in total. The van der Waals surface area contributed by atoms with E-state index < -0.39 is 36.7 Å². The highest BCUT2D eigenvalue weighted by Gasteiger charge is 2.59. The molecule has 12 nitrogen and oxygen atoms in total. The van der Waals surface area contributed by atoms with Crippen LogP contribution < -0.4 is 10.1 Å². The molecule has 260 valence electrons. The van der Waals surface area contributed by atoms with Crippen LogP contribution in [-0.4, -0.2) is 123 Å². The molecule has 5 heterocycles. The lowest BCUT2D eigenvalue weighted by molar-refractivity contribution is -0.301. The minimum Gasteiger partial charge on any atom is -0.444 e. The fraction of sp³-hybridized carbons (Fsp3) is 0.690. The van der Waals surface area contributed by atoms with E-state index in [0.717, 1.165) is 0 Å². The zero-order chi connectivity index (χ0) is 34.3. The van der Waals surface area contributed by atoms with Crippen LogP contribution in [0.15, 0.2) is 18.3 Å². The third-order valence-corrected chi connectivity index (χ3v) is 8.55. The molecule has 0 aliphatic carbocycles. The number of amides is 2. The largest absolute Gasteiger partial charge is 0.444 e. The minimum absolute atomic E-state index is 0.0110. The molecule has 5 rings (SSSR count). The average molecular weight is 677 g/mol. The van der Waals surface area contributed by atoms with E-state index in [1.54, 1.807) is 29.7 Å². The van der Waals surface area contributed by atoms with Gasteiger partial charge in [-0.15, -0.1) is 0 Å². The summed E-state index contributed by atoms with van der Waals surface area (Å²) in [6.45, 7) is 4.94. The number of carbonyl (C=O) groups is 2. The lowest BCUT2D eigenvalue weighted by Crippen LogP contribution is -2.50. The van der Waals surface area contributed by atoms with Gasteiger partial charge in [-0.2, -0.15) is 45.9 Å². The van der Waals surface area contributed by atoms with Crippen LogP contribution in [0.4, 0.5) is 37.1 Å². The van der Waals surface area contributed by atoms with E-state index >= 15 is 0 Å². The summed E-state index contributed by atoms with van der Waals surface area (Å²) in [7, 11) is 3.79. The van der Waals surface area contributed by atoms with Gasteiger partial charge in [0.2, 0.25) is 11.9 Å². The number of likely N-dealkylation sites (N-methyl/N-ethyl adjacent to an activating group) is 1. The smallest absolute Gasteiger partial charge is 0.434 e. The van der Waals surface area contributed by atoms with E-state index in [1.165, 1.54) is 16.8 Å². The number of rotatable bonds is 9. The number of hydrogen-bond acceptors (Lipinski definition) is 9. The maximum absolute atomic E-state index is 13.3. The first-order chi connectivity index (χ1) is 22.0. The summed E-state index contributed by atoms with van der Waals surface area (Å²) >= 11 is 0. The summed E-state index contributed by atoms with van der Waals surface area (Å²) in [4.78, 5) is 38.8. The van der Waals surface area contributed by atoms with E-state index in [2.05, 4.69) is 25.1 Å². The van der Waals surface area contributed by atoms with Gasteiger partial charge >= 0.3 is 24.5 Å². The van der Waals surface area contributed by atoms with E-state index in [4.69, 9.17) is 4.74 Å². The third kappa shape index (κ3) is 7.84. The summed E-state index contributed by atoms with van der Waals surface area (Å²) in [6, 6.07) is -1.88. The molecule has 2 amide bonds. The normalized spacial score (nSPS) is 23.6. The molecule has 2 aromatic rings. The number of halogens is 6. The second kappa shape index (κ2) is 13.4. The van der Waals surface area contributed by atoms with Crippen LogP contribution >= 0.6 is 0 Å². The number of likely N-dealkylation sites (tertiary alicyclic amines) is 1. The van der Waals surface area contributed by atoms with Gasteiger partial charge in [-0.05, 0) is 45.7 Å². The molecule has 3 unspecified atom stereocenters. The number of piperidine rings is 1. The molecular weight excluding hydrogens is 638 g/mol. The topological polar surface area (TPSA) is 117 Å². The van der Waals surface area contributed by atoms with E-state index in [9.17, 15) is 35.9 Å². The van der Waals surface area contributed by atoms with Crippen molar-refractivity contribution in [3.05, 3.63) is 23.9 Å². The molecule has 47 heavy (non-hydrogen) atoms. The predicted octanol–water partition coefficient (Wildman–Crippen LogP) is 4.38. The van der Waals surface area contributed by atoms with Crippen molar-refractivity contribution in [1.29, 1.82) is 0 Å². The van der Waals surface area contributed by atoms with Gasteiger partial charge in [-0.1, -0.05) is 19.9 Å². The minimum atomic E-state index is -5.75. The second-order valence-electron chi connectivity index (χ2n) is 12.7. The Bertz CT molecular complexity index is 1450. The first-order valence-corrected chi connectivity index (χ1v) is 15.4. The Balaban J connectivity index is 1.27. The standard InChI is InChI=1S/C29H38F6N8O4/c1-16(2)21-14-36-43-23(21)38-26(47-24(28(30,31)32)29(33,34)35)39-25(43)37-17-12-18-7-8-19(13-17)42(18)27(45)46-20-9-11-41(15-20)22(44)6-5-10-40(3)4/h5-6,14,16-20,24H,7-13,15H2,1-4H3,(H,37,38,39)/b6-5+. The number of carbonyl (C=O) groups excluding carboxylic acids is 2. The molecule has 0 radical (unpaired) electrons. The van der Waals surface area contributed by atoms with Crippen molar-refractivity contribution in [1.82, 2.24) is 34.3 Å². The predicted molar refractivity (Wildman–Crippen MR) is 156 cm³/mol. The van der Waals surface area contributed by atoms with Crippen molar-refractivity contribution in [3.63, 3.8) is 0 Å². The van der Waals surface area contributed by atoms with Gasteiger partial charge in [0.05, 0.1) is 12.7 Å². The number of fused-ring (bicyclic) bond motifs is 3. The van der Waals surface area contributed by atoms with E-state index in [0.29, 0.717) is 57.3 Å². The molecule has 2 bridgehead atoms. The van der Waals surface area contributed by atoms with Crippen molar-refractivity contribution in [2.24, 2.45) is 0 Å². The van der Waals surface area contributed by atoms with Crippen molar-refractivity contribution in [3.8, 4) is 6.01 Å². The number of nitrogens with one attached hydrogen (secondary N) is 1. The highest BCUT2D eigenvalue weighted by Crippen LogP contribution is 2.39.